The molecule has 8 nitrogen and oxygen atoms in total. The lowest BCUT2D eigenvalue weighted by molar-refractivity contribution is -0.166. The number of carboxylic acids is 1. The second-order valence-corrected chi connectivity index (χ2v) is 10.7. The van der Waals surface area contributed by atoms with Gasteiger partial charge in [-0.3, -0.25) is 19.4 Å². The van der Waals surface area contributed by atoms with Crippen molar-refractivity contribution in [3.63, 3.8) is 0 Å². The average molecular weight is 542 g/mol. The van der Waals surface area contributed by atoms with Crippen molar-refractivity contribution < 1.29 is 37.3 Å². The van der Waals surface area contributed by atoms with Crippen LogP contribution in [0.5, 0.6) is 5.75 Å². The van der Waals surface area contributed by atoms with E-state index in [4.69, 9.17) is 14.6 Å². The normalized spacial score (nSPS) is 27.2. The quantitative estimate of drug-likeness (QED) is 0.468. The standard InChI is InChI=1S/C27H38F3N3O5/c1-3-37-23-13-19(12-21(14-23)27(28,29)30)15-31-25(36)26(20-4-5-20)8-6-22(17-38-26)33-11-10-32(18(2)16-33)9-7-24(34)35/h12-14,18,20,22H,3-11,15-17H2,1-2H3,(H,31,36)(H,34,35). The second kappa shape index (κ2) is 11.8. The molecule has 2 saturated heterocycles. The van der Waals surface area contributed by atoms with Gasteiger partial charge in [0.05, 0.1) is 25.2 Å². The Morgan fingerprint density at radius 2 is 1.97 bits per heavy atom. The molecule has 2 heterocycles. The Morgan fingerprint density at radius 1 is 1.21 bits per heavy atom. The van der Waals surface area contributed by atoms with Crippen LogP contribution in [0, 0.1) is 5.92 Å². The van der Waals surface area contributed by atoms with Crippen LogP contribution in [0.2, 0.25) is 0 Å². The smallest absolute Gasteiger partial charge is 0.416 e. The van der Waals surface area contributed by atoms with E-state index in [0.29, 0.717) is 25.1 Å². The van der Waals surface area contributed by atoms with Crippen molar-refractivity contribution in [2.24, 2.45) is 5.92 Å². The van der Waals surface area contributed by atoms with Crippen LogP contribution in [-0.2, 0) is 27.0 Å². The maximum absolute atomic E-state index is 13.4. The van der Waals surface area contributed by atoms with Gasteiger partial charge in [-0.15, -0.1) is 0 Å². The summed E-state index contributed by atoms with van der Waals surface area (Å²) in [4.78, 5) is 28.9. The molecule has 2 aliphatic heterocycles. The lowest BCUT2D eigenvalue weighted by Crippen LogP contribution is -2.60. The minimum absolute atomic E-state index is 0.0418. The van der Waals surface area contributed by atoms with E-state index in [1.54, 1.807) is 6.92 Å². The molecule has 1 amide bonds. The number of alkyl halides is 3. The van der Waals surface area contributed by atoms with Crippen molar-refractivity contribution in [1.82, 2.24) is 15.1 Å². The predicted octanol–water partition coefficient (Wildman–Crippen LogP) is 3.53. The third-order valence-electron chi connectivity index (χ3n) is 7.99. The van der Waals surface area contributed by atoms with Crippen molar-refractivity contribution in [3.8, 4) is 5.75 Å². The van der Waals surface area contributed by atoms with Crippen molar-refractivity contribution >= 4 is 11.9 Å². The van der Waals surface area contributed by atoms with E-state index in [1.165, 1.54) is 6.07 Å². The number of ether oxygens (including phenoxy) is 2. The fourth-order valence-electron chi connectivity index (χ4n) is 5.74. The maximum atomic E-state index is 13.4. The molecule has 3 atom stereocenters. The minimum atomic E-state index is -4.51. The number of amides is 1. The molecule has 3 aliphatic rings. The zero-order chi connectivity index (χ0) is 27.5. The Kier molecular flexibility index (Phi) is 8.89. The van der Waals surface area contributed by atoms with E-state index >= 15 is 0 Å². The van der Waals surface area contributed by atoms with Gasteiger partial charge in [0.2, 0.25) is 0 Å². The van der Waals surface area contributed by atoms with E-state index in [-0.39, 0.29) is 49.2 Å². The van der Waals surface area contributed by atoms with E-state index in [0.717, 1.165) is 51.0 Å². The summed E-state index contributed by atoms with van der Waals surface area (Å²) in [5.74, 6) is -0.813. The predicted molar refractivity (Wildman–Crippen MR) is 134 cm³/mol. The molecule has 38 heavy (non-hydrogen) atoms. The number of aliphatic carboxylic acids is 1. The molecule has 3 unspecified atom stereocenters. The van der Waals surface area contributed by atoms with Crippen LogP contribution < -0.4 is 10.1 Å². The number of nitrogens with zero attached hydrogens (tertiary/aromatic N) is 2. The summed E-state index contributed by atoms with van der Waals surface area (Å²) >= 11 is 0. The summed E-state index contributed by atoms with van der Waals surface area (Å²) < 4.78 is 51.7. The Labute approximate surface area is 221 Å². The Bertz CT molecular complexity index is 993. The van der Waals surface area contributed by atoms with Crippen LogP contribution in [-0.4, -0.2) is 83.9 Å². The third kappa shape index (κ3) is 6.79. The van der Waals surface area contributed by atoms with Gasteiger partial charge in [0.1, 0.15) is 11.4 Å². The van der Waals surface area contributed by atoms with Gasteiger partial charge in [-0.2, -0.15) is 13.2 Å². The molecule has 0 bridgehead atoms. The number of nitrogens with one attached hydrogen (secondary N) is 1. The monoisotopic (exact) mass is 541 g/mol. The summed E-state index contributed by atoms with van der Waals surface area (Å²) in [7, 11) is 0. The highest BCUT2D eigenvalue weighted by atomic mass is 19.4. The van der Waals surface area contributed by atoms with E-state index in [1.807, 2.05) is 0 Å². The Balaban J connectivity index is 1.35. The van der Waals surface area contributed by atoms with Gasteiger partial charge in [0.25, 0.3) is 5.91 Å². The molecule has 3 fully saturated rings. The highest BCUT2D eigenvalue weighted by Gasteiger charge is 2.54. The van der Waals surface area contributed by atoms with Gasteiger partial charge in [0, 0.05) is 44.8 Å². The molecule has 0 spiro atoms. The van der Waals surface area contributed by atoms with Crippen LogP contribution in [0.15, 0.2) is 18.2 Å². The van der Waals surface area contributed by atoms with Crippen molar-refractivity contribution in [3.05, 3.63) is 29.3 Å². The first kappa shape index (κ1) is 28.6. The molecule has 11 heteroatoms. The molecule has 1 aromatic carbocycles. The van der Waals surface area contributed by atoms with Crippen molar-refractivity contribution in [2.75, 3.05) is 39.4 Å². The van der Waals surface area contributed by atoms with Gasteiger partial charge in [-0.1, -0.05) is 0 Å². The van der Waals surface area contributed by atoms with Gasteiger partial charge in [-0.05, 0) is 69.2 Å². The third-order valence-corrected chi connectivity index (χ3v) is 7.99. The molecular formula is C27H38F3N3O5. The van der Waals surface area contributed by atoms with Crippen LogP contribution in [0.4, 0.5) is 13.2 Å². The molecule has 2 N–H and O–H groups in total. The molecule has 0 radical (unpaired) electrons. The number of carbonyl (C=O) groups is 2. The molecular weight excluding hydrogens is 503 g/mol. The molecule has 1 aromatic rings. The first-order valence-electron chi connectivity index (χ1n) is 13.5. The number of carboxylic acid groups (broad SMARTS) is 1. The maximum Gasteiger partial charge on any atom is 0.416 e. The first-order valence-corrected chi connectivity index (χ1v) is 13.5. The van der Waals surface area contributed by atoms with E-state index in [9.17, 15) is 22.8 Å². The van der Waals surface area contributed by atoms with Crippen LogP contribution in [0.25, 0.3) is 0 Å². The summed E-state index contributed by atoms with van der Waals surface area (Å²) in [6.07, 6.45) is -1.23. The Hall–Kier alpha value is -2.37. The lowest BCUT2D eigenvalue weighted by atomic mass is 9.85. The second-order valence-electron chi connectivity index (χ2n) is 10.7. The van der Waals surface area contributed by atoms with Crippen molar-refractivity contribution in [2.45, 2.75) is 76.4 Å². The zero-order valence-electron chi connectivity index (χ0n) is 22.1. The molecule has 0 aromatic heterocycles. The molecule has 4 rings (SSSR count). The number of halogens is 3. The highest BCUT2D eigenvalue weighted by molar-refractivity contribution is 5.86. The van der Waals surface area contributed by atoms with Crippen LogP contribution >= 0.6 is 0 Å². The number of rotatable bonds is 10. The number of piperazine rings is 1. The topological polar surface area (TPSA) is 91.3 Å². The van der Waals surface area contributed by atoms with E-state index in [2.05, 4.69) is 22.0 Å². The Morgan fingerprint density at radius 3 is 2.55 bits per heavy atom. The summed E-state index contributed by atoms with van der Waals surface area (Å²) in [6, 6.07) is 3.95. The fraction of sp³-hybridized carbons (Fsp3) is 0.704. The van der Waals surface area contributed by atoms with Gasteiger partial charge in [-0.25, -0.2) is 0 Å². The number of hydrogen-bond acceptors (Lipinski definition) is 6. The van der Waals surface area contributed by atoms with Gasteiger partial charge >= 0.3 is 12.1 Å². The molecule has 212 valence electrons. The van der Waals surface area contributed by atoms with Gasteiger partial charge in [0.15, 0.2) is 0 Å². The summed E-state index contributed by atoms with van der Waals surface area (Å²) in [5.41, 5.74) is -1.43. The van der Waals surface area contributed by atoms with Crippen LogP contribution in [0.1, 0.15) is 57.1 Å². The largest absolute Gasteiger partial charge is 0.494 e. The fourth-order valence-corrected chi connectivity index (χ4v) is 5.74. The van der Waals surface area contributed by atoms with Gasteiger partial charge < -0.3 is 19.9 Å². The molecule has 1 saturated carbocycles. The van der Waals surface area contributed by atoms with Crippen LogP contribution in [0.3, 0.4) is 0 Å². The number of benzene rings is 1. The lowest BCUT2D eigenvalue weighted by Gasteiger charge is -2.47. The summed E-state index contributed by atoms with van der Waals surface area (Å²) in [6.45, 7) is 7.38. The SMILES string of the molecule is CCOc1cc(CNC(=O)C2(C3CC3)CCC(N3CCN(CCC(=O)O)C(C)C3)CO2)cc(C(F)(F)F)c1. The number of hydrogen-bond donors (Lipinski definition) is 2. The zero-order valence-corrected chi connectivity index (χ0v) is 22.1. The average Bonchev–Trinajstić information content (AvgIpc) is 3.72. The molecule has 1 aliphatic carbocycles. The van der Waals surface area contributed by atoms with Crippen molar-refractivity contribution in [1.29, 1.82) is 0 Å². The minimum Gasteiger partial charge on any atom is -0.494 e. The first-order chi connectivity index (χ1) is 18.0. The highest BCUT2D eigenvalue weighted by Crippen LogP contribution is 2.47. The summed E-state index contributed by atoms with van der Waals surface area (Å²) in [5, 5.41) is 11.8. The number of carbonyl (C=O) groups excluding carboxylic acids is 1. The van der Waals surface area contributed by atoms with E-state index < -0.39 is 23.3 Å².